The van der Waals surface area contributed by atoms with Crippen molar-refractivity contribution in [1.82, 2.24) is 9.55 Å². The van der Waals surface area contributed by atoms with Crippen LogP contribution in [0.3, 0.4) is 0 Å². The van der Waals surface area contributed by atoms with Crippen molar-refractivity contribution in [3.05, 3.63) is 52.0 Å². The van der Waals surface area contributed by atoms with E-state index in [1.54, 1.807) is 29.5 Å². The number of aromatic nitrogens is 2. The SMILES string of the molecule is CCc1nc2ccc(C(=O)O)cc2n1Cc1ccsc1. The van der Waals surface area contributed by atoms with E-state index in [0.29, 0.717) is 5.56 Å². The summed E-state index contributed by atoms with van der Waals surface area (Å²) >= 11 is 1.66. The number of rotatable bonds is 4. The van der Waals surface area contributed by atoms with Gasteiger partial charge in [0.1, 0.15) is 5.82 Å². The number of hydrogen-bond donors (Lipinski definition) is 1. The Hall–Kier alpha value is -2.14. The number of carbonyl (C=O) groups is 1. The van der Waals surface area contributed by atoms with Crippen molar-refractivity contribution in [1.29, 1.82) is 0 Å². The molecular formula is C15H14N2O2S. The minimum Gasteiger partial charge on any atom is -0.478 e. The normalized spacial score (nSPS) is 11.1. The van der Waals surface area contributed by atoms with E-state index < -0.39 is 5.97 Å². The van der Waals surface area contributed by atoms with Crippen LogP contribution in [-0.4, -0.2) is 20.6 Å². The third-order valence-electron chi connectivity index (χ3n) is 3.31. The van der Waals surface area contributed by atoms with Gasteiger partial charge in [-0.2, -0.15) is 11.3 Å². The Morgan fingerprint density at radius 3 is 2.90 bits per heavy atom. The average molecular weight is 286 g/mol. The molecule has 3 rings (SSSR count). The molecule has 0 amide bonds. The lowest BCUT2D eigenvalue weighted by atomic mass is 10.2. The molecule has 5 heteroatoms. The van der Waals surface area contributed by atoms with Crippen molar-refractivity contribution in [3.63, 3.8) is 0 Å². The number of benzene rings is 1. The van der Waals surface area contributed by atoms with Crippen molar-refractivity contribution >= 4 is 28.3 Å². The summed E-state index contributed by atoms with van der Waals surface area (Å²) in [7, 11) is 0. The summed E-state index contributed by atoms with van der Waals surface area (Å²) in [6, 6.07) is 7.17. The summed E-state index contributed by atoms with van der Waals surface area (Å²) in [5.74, 6) is 0.0713. The predicted octanol–water partition coefficient (Wildman–Crippen LogP) is 3.41. The van der Waals surface area contributed by atoms with Crippen molar-refractivity contribution in [2.24, 2.45) is 0 Å². The van der Waals surface area contributed by atoms with Gasteiger partial charge in [0.25, 0.3) is 0 Å². The number of hydrogen-bond acceptors (Lipinski definition) is 3. The zero-order valence-electron chi connectivity index (χ0n) is 11.0. The fraction of sp³-hybridized carbons (Fsp3) is 0.200. The van der Waals surface area contributed by atoms with Gasteiger partial charge in [-0.25, -0.2) is 9.78 Å². The maximum absolute atomic E-state index is 11.1. The molecule has 0 saturated carbocycles. The van der Waals surface area contributed by atoms with Gasteiger partial charge in [0.2, 0.25) is 0 Å². The predicted molar refractivity (Wildman–Crippen MR) is 79.5 cm³/mol. The maximum Gasteiger partial charge on any atom is 0.335 e. The Balaban J connectivity index is 2.15. The number of thiophene rings is 1. The highest BCUT2D eigenvalue weighted by Gasteiger charge is 2.12. The van der Waals surface area contributed by atoms with Crippen molar-refractivity contribution < 1.29 is 9.90 Å². The first-order valence-corrected chi connectivity index (χ1v) is 7.37. The van der Waals surface area contributed by atoms with E-state index in [1.165, 1.54) is 5.56 Å². The van der Waals surface area contributed by atoms with Gasteiger partial charge in [-0.1, -0.05) is 6.92 Å². The molecule has 0 fully saturated rings. The molecule has 102 valence electrons. The highest BCUT2D eigenvalue weighted by atomic mass is 32.1. The summed E-state index contributed by atoms with van der Waals surface area (Å²) in [5.41, 5.74) is 3.24. The molecule has 1 N–H and O–H groups in total. The molecule has 1 aromatic carbocycles. The highest BCUT2D eigenvalue weighted by Crippen LogP contribution is 2.21. The van der Waals surface area contributed by atoms with E-state index in [9.17, 15) is 4.79 Å². The zero-order valence-corrected chi connectivity index (χ0v) is 11.9. The summed E-state index contributed by atoms with van der Waals surface area (Å²) < 4.78 is 2.10. The molecular weight excluding hydrogens is 272 g/mol. The van der Waals surface area contributed by atoms with E-state index in [-0.39, 0.29) is 0 Å². The van der Waals surface area contributed by atoms with Gasteiger partial charge < -0.3 is 9.67 Å². The molecule has 0 atom stereocenters. The van der Waals surface area contributed by atoms with Crippen LogP contribution in [0.4, 0.5) is 0 Å². The Morgan fingerprint density at radius 1 is 1.40 bits per heavy atom. The van der Waals surface area contributed by atoms with Crippen LogP contribution < -0.4 is 0 Å². The number of carboxylic acids is 1. The molecule has 0 aliphatic heterocycles. The topological polar surface area (TPSA) is 55.1 Å². The second-order valence-corrected chi connectivity index (χ2v) is 5.39. The Morgan fingerprint density at radius 2 is 2.25 bits per heavy atom. The van der Waals surface area contributed by atoms with E-state index in [2.05, 4.69) is 27.9 Å². The van der Waals surface area contributed by atoms with Crippen LogP contribution in [0.2, 0.25) is 0 Å². The summed E-state index contributed by atoms with van der Waals surface area (Å²) in [6.07, 6.45) is 0.821. The number of aromatic carboxylic acids is 1. The Bertz CT molecular complexity index is 760. The Labute approximate surface area is 120 Å². The van der Waals surface area contributed by atoms with E-state index >= 15 is 0 Å². The smallest absolute Gasteiger partial charge is 0.335 e. The molecule has 0 aliphatic rings. The second-order valence-electron chi connectivity index (χ2n) is 4.61. The van der Waals surface area contributed by atoms with Crippen molar-refractivity contribution in [3.8, 4) is 0 Å². The molecule has 3 aromatic rings. The number of nitrogens with zero attached hydrogens (tertiary/aromatic N) is 2. The fourth-order valence-electron chi connectivity index (χ4n) is 2.32. The first-order chi connectivity index (χ1) is 9.69. The lowest BCUT2D eigenvalue weighted by Crippen LogP contribution is -2.04. The molecule has 0 radical (unpaired) electrons. The molecule has 2 heterocycles. The highest BCUT2D eigenvalue weighted by molar-refractivity contribution is 7.07. The fourth-order valence-corrected chi connectivity index (χ4v) is 2.98. The lowest BCUT2D eigenvalue weighted by molar-refractivity contribution is 0.0697. The molecule has 0 aliphatic carbocycles. The second kappa shape index (κ2) is 5.09. The number of carboxylic acid groups (broad SMARTS) is 1. The third kappa shape index (κ3) is 2.20. The largest absolute Gasteiger partial charge is 0.478 e. The molecule has 20 heavy (non-hydrogen) atoms. The van der Waals surface area contributed by atoms with E-state index in [1.807, 2.05) is 5.38 Å². The van der Waals surface area contributed by atoms with Gasteiger partial charge in [-0.05, 0) is 40.6 Å². The lowest BCUT2D eigenvalue weighted by Gasteiger charge is -2.07. The summed E-state index contributed by atoms with van der Waals surface area (Å²) in [5, 5.41) is 13.3. The monoisotopic (exact) mass is 286 g/mol. The summed E-state index contributed by atoms with van der Waals surface area (Å²) in [6.45, 7) is 2.79. The first kappa shape index (κ1) is 12.9. The van der Waals surface area contributed by atoms with Crippen LogP contribution in [-0.2, 0) is 13.0 Å². The molecule has 0 unspecified atom stereocenters. The van der Waals surface area contributed by atoms with Crippen LogP contribution in [0.5, 0.6) is 0 Å². The standard InChI is InChI=1S/C15H14N2O2S/c1-2-14-16-12-4-3-11(15(18)19)7-13(12)17(14)8-10-5-6-20-9-10/h3-7,9H,2,8H2,1H3,(H,18,19). The van der Waals surface area contributed by atoms with Gasteiger partial charge in [-0.3, -0.25) is 0 Å². The van der Waals surface area contributed by atoms with Crippen LogP contribution in [0, 0.1) is 0 Å². The average Bonchev–Trinajstić information content (AvgIpc) is 3.06. The van der Waals surface area contributed by atoms with Gasteiger partial charge in [0.05, 0.1) is 23.1 Å². The molecule has 0 bridgehead atoms. The van der Waals surface area contributed by atoms with Crippen molar-refractivity contribution in [2.75, 3.05) is 0 Å². The zero-order chi connectivity index (χ0) is 14.1. The minimum atomic E-state index is -0.909. The molecule has 0 spiro atoms. The molecule has 4 nitrogen and oxygen atoms in total. The van der Waals surface area contributed by atoms with Gasteiger partial charge >= 0.3 is 5.97 Å². The first-order valence-electron chi connectivity index (χ1n) is 6.42. The van der Waals surface area contributed by atoms with Gasteiger partial charge in [0.15, 0.2) is 0 Å². The van der Waals surface area contributed by atoms with E-state index in [4.69, 9.17) is 5.11 Å². The minimum absolute atomic E-state index is 0.298. The van der Waals surface area contributed by atoms with Crippen LogP contribution in [0.25, 0.3) is 11.0 Å². The van der Waals surface area contributed by atoms with Gasteiger partial charge in [0, 0.05) is 6.42 Å². The van der Waals surface area contributed by atoms with Crippen molar-refractivity contribution in [2.45, 2.75) is 19.9 Å². The number of fused-ring (bicyclic) bond motifs is 1. The summed E-state index contributed by atoms with van der Waals surface area (Å²) in [4.78, 5) is 15.7. The quantitative estimate of drug-likeness (QED) is 0.799. The third-order valence-corrected chi connectivity index (χ3v) is 4.04. The number of aryl methyl sites for hydroxylation is 1. The van der Waals surface area contributed by atoms with Crippen LogP contribution >= 0.6 is 11.3 Å². The van der Waals surface area contributed by atoms with Crippen LogP contribution in [0.15, 0.2) is 35.0 Å². The Kier molecular flexibility index (Phi) is 3.28. The van der Waals surface area contributed by atoms with E-state index in [0.717, 1.165) is 29.8 Å². The number of imidazole rings is 1. The van der Waals surface area contributed by atoms with Crippen LogP contribution in [0.1, 0.15) is 28.7 Å². The molecule has 0 saturated heterocycles. The van der Waals surface area contributed by atoms with Gasteiger partial charge in [-0.15, -0.1) is 0 Å². The molecule has 2 aromatic heterocycles. The maximum atomic E-state index is 11.1.